The van der Waals surface area contributed by atoms with Gasteiger partial charge in [0.25, 0.3) is 5.91 Å². The zero-order valence-electron chi connectivity index (χ0n) is 15.1. The second-order valence-corrected chi connectivity index (χ2v) is 6.71. The van der Waals surface area contributed by atoms with Gasteiger partial charge in [-0.3, -0.25) is 9.78 Å². The molecule has 0 saturated carbocycles. The number of nitrogens with zero attached hydrogens (tertiary/aromatic N) is 2. The van der Waals surface area contributed by atoms with Crippen molar-refractivity contribution in [1.29, 1.82) is 0 Å². The van der Waals surface area contributed by atoms with E-state index >= 15 is 0 Å². The third-order valence-electron chi connectivity index (χ3n) is 4.18. The molecule has 1 amide bonds. The van der Waals surface area contributed by atoms with E-state index in [-0.39, 0.29) is 18.3 Å². The molecular weight excluding hydrogens is 393 g/mol. The minimum absolute atomic E-state index is 0.271. The Morgan fingerprint density at radius 3 is 2.76 bits per heavy atom. The van der Waals surface area contributed by atoms with Gasteiger partial charge in [-0.1, -0.05) is 29.8 Å². The van der Waals surface area contributed by atoms with Crippen molar-refractivity contribution in [2.45, 2.75) is 6.54 Å². The molecule has 0 aliphatic rings. The predicted molar refractivity (Wildman–Crippen MR) is 109 cm³/mol. The van der Waals surface area contributed by atoms with Gasteiger partial charge >= 0.3 is 0 Å². The summed E-state index contributed by atoms with van der Waals surface area (Å²) >= 11 is 6.12. The lowest BCUT2D eigenvalue weighted by atomic mass is 10.1. The third kappa shape index (κ3) is 4.50. The van der Waals surface area contributed by atoms with Crippen molar-refractivity contribution in [3.63, 3.8) is 0 Å². The summed E-state index contributed by atoms with van der Waals surface area (Å²) in [4.78, 5) is 21.1. The van der Waals surface area contributed by atoms with Crippen molar-refractivity contribution < 1.29 is 13.9 Å². The molecule has 29 heavy (non-hydrogen) atoms. The van der Waals surface area contributed by atoms with E-state index in [4.69, 9.17) is 16.3 Å². The first-order chi connectivity index (χ1) is 14.1. The van der Waals surface area contributed by atoms with Crippen LogP contribution in [-0.2, 0) is 6.54 Å². The van der Waals surface area contributed by atoms with Crippen molar-refractivity contribution in [2.75, 3.05) is 0 Å². The van der Waals surface area contributed by atoms with E-state index in [1.807, 2.05) is 6.07 Å². The van der Waals surface area contributed by atoms with Crippen LogP contribution in [0.5, 0.6) is 11.6 Å². The van der Waals surface area contributed by atoms with Gasteiger partial charge in [-0.2, -0.15) is 0 Å². The Labute approximate surface area is 171 Å². The van der Waals surface area contributed by atoms with Gasteiger partial charge in [0, 0.05) is 41.5 Å². The molecule has 7 heteroatoms. The summed E-state index contributed by atoms with van der Waals surface area (Å²) in [5.74, 6) is 0.0238. The van der Waals surface area contributed by atoms with Gasteiger partial charge in [0.2, 0.25) is 5.88 Å². The predicted octanol–water partition coefficient (Wildman–Crippen LogP) is 5.14. The highest BCUT2D eigenvalue weighted by atomic mass is 35.5. The van der Waals surface area contributed by atoms with E-state index in [0.29, 0.717) is 27.7 Å². The number of aromatic nitrogens is 2. The summed E-state index contributed by atoms with van der Waals surface area (Å²) in [5, 5.41) is 4.11. The van der Waals surface area contributed by atoms with Gasteiger partial charge in [0.05, 0.1) is 11.1 Å². The second kappa shape index (κ2) is 8.24. The van der Waals surface area contributed by atoms with Gasteiger partial charge in [-0.25, -0.2) is 9.37 Å². The van der Waals surface area contributed by atoms with Gasteiger partial charge in [0.15, 0.2) is 0 Å². The van der Waals surface area contributed by atoms with Crippen molar-refractivity contribution in [1.82, 2.24) is 15.3 Å². The summed E-state index contributed by atoms with van der Waals surface area (Å²) in [6, 6.07) is 16.3. The number of fused-ring (bicyclic) bond motifs is 1. The lowest BCUT2D eigenvalue weighted by Gasteiger charge is -2.09. The number of amides is 1. The zero-order valence-corrected chi connectivity index (χ0v) is 15.9. The summed E-state index contributed by atoms with van der Waals surface area (Å²) in [7, 11) is 0. The normalized spacial score (nSPS) is 10.7. The number of hydrogen-bond acceptors (Lipinski definition) is 4. The van der Waals surface area contributed by atoms with Gasteiger partial charge < -0.3 is 10.1 Å². The molecule has 0 bridgehead atoms. The smallest absolute Gasteiger partial charge is 0.253 e. The summed E-state index contributed by atoms with van der Waals surface area (Å²) in [6.07, 6.45) is 3.22. The average Bonchev–Trinajstić information content (AvgIpc) is 2.72. The van der Waals surface area contributed by atoms with Crippen molar-refractivity contribution >= 4 is 28.4 Å². The summed E-state index contributed by atoms with van der Waals surface area (Å²) in [6.45, 7) is 0.271. The van der Waals surface area contributed by atoms with Crippen LogP contribution >= 0.6 is 11.6 Å². The zero-order chi connectivity index (χ0) is 20.2. The molecule has 0 aliphatic carbocycles. The van der Waals surface area contributed by atoms with Crippen LogP contribution < -0.4 is 10.1 Å². The van der Waals surface area contributed by atoms with Crippen LogP contribution in [0, 0.1) is 5.82 Å². The van der Waals surface area contributed by atoms with E-state index in [0.717, 1.165) is 10.9 Å². The van der Waals surface area contributed by atoms with Crippen molar-refractivity contribution in [3.05, 3.63) is 95.0 Å². The fourth-order valence-corrected chi connectivity index (χ4v) is 3.06. The highest BCUT2D eigenvalue weighted by Gasteiger charge is 2.12. The van der Waals surface area contributed by atoms with Crippen LogP contribution in [0.2, 0.25) is 5.02 Å². The van der Waals surface area contributed by atoms with Gasteiger partial charge in [-0.15, -0.1) is 0 Å². The van der Waals surface area contributed by atoms with E-state index in [1.165, 1.54) is 12.1 Å². The third-order valence-corrected chi connectivity index (χ3v) is 4.40. The first-order valence-corrected chi connectivity index (χ1v) is 9.17. The van der Waals surface area contributed by atoms with Crippen molar-refractivity contribution in [2.24, 2.45) is 0 Å². The fraction of sp³-hybridized carbons (Fsp3) is 0.0455. The van der Waals surface area contributed by atoms with Gasteiger partial charge in [-0.05, 0) is 35.9 Å². The topological polar surface area (TPSA) is 64.1 Å². The lowest BCUT2D eigenvalue weighted by Crippen LogP contribution is -2.23. The number of halogens is 2. The molecule has 4 rings (SSSR count). The number of rotatable bonds is 5. The highest BCUT2D eigenvalue weighted by molar-refractivity contribution is 6.32. The molecule has 0 fully saturated rings. The number of nitrogens with one attached hydrogen (secondary N) is 1. The van der Waals surface area contributed by atoms with Crippen LogP contribution in [0.1, 0.15) is 15.9 Å². The van der Waals surface area contributed by atoms with E-state index in [2.05, 4.69) is 15.3 Å². The molecule has 1 N–H and O–H groups in total. The number of pyridine rings is 2. The molecule has 0 spiro atoms. The Hall–Kier alpha value is -3.51. The quantitative estimate of drug-likeness (QED) is 0.497. The molecule has 2 aromatic carbocycles. The SMILES string of the molecule is O=C(NCc1ccc(Oc2cccc(F)c2)nc1)c1cc(Cl)cc2cccnc12. The molecule has 144 valence electrons. The van der Waals surface area contributed by atoms with E-state index in [9.17, 15) is 9.18 Å². The minimum atomic E-state index is -0.384. The molecular formula is C22H15ClFN3O2. The number of carbonyl (C=O) groups is 1. The number of carbonyl (C=O) groups excluding carboxylic acids is 1. The van der Waals surface area contributed by atoms with E-state index in [1.54, 1.807) is 54.9 Å². The van der Waals surface area contributed by atoms with E-state index < -0.39 is 0 Å². The Kier molecular flexibility index (Phi) is 5.35. The second-order valence-electron chi connectivity index (χ2n) is 6.28. The summed E-state index contributed by atoms with van der Waals surface area (Å²) < 4.78 is 18.7. The molecule has 0 radical (unpaired) electrons. The lowest BCUT2D eigenvalue weighted by molar-refractivity contribution is 0.0952. The van der Waals surface area contributed by atoms with Crippen LogP contribution in [-0.4, -0.2) is 15.9 Å². The number of hydrogen-bond donors (Lipinski definition) is 1. The van der Waals surface area contributed by atoms with Crippen molar-refractivity contribution in [3.8, 4) is 11.6 Å². The standard InChI is InChI=1S/C22H15ClFN3O2/c23-16-9-15-3-2-8-25-21(15)19(10-16)22(28)27-13-14-6-7-20(26-12-14)29-18-5-1-4-17(24)11-18/h1-12H,13H2,(H,27,28). The Morgan fingerprint density at radius 1 is 1.07 bits per heavy atom. The minimum Gasteiger partial charge on any atom is -0.439 e. The van der Waals surface area contributed by atoms with Crippen LogP contribution in [0.4, 0.5) is 4.39 Å². The maximum Gasteiger partial charge on any atom is 0.253 e. The Bertz CT molecular complexity index is 1180. The first-order valence-electron chi connectivity index (χ1n) is 8.79. The molecule has 0 aliphatic heterocycles. The molecule has 0 atom stereocenters. The van der Waals surface area contributed by atoms with Crippen LogP contribution in [0.15, 0.2) is 73.1 Å². The molecule has 4 aromatic rings. The number of ether oxygens (including phenoxy) is 1. The monoisotopic (exact) mass is 407 g/mol. The molecule has 2 aromatic heterocycles. The number of benzene rings is 2. The largest absolute Gasteiger partial charge is 0.439 e. The summed E-state index contributed by atoms with van der Waals surface area (Å²) in [5.41, 5.74) is 1.78. The fourth-order valence-electron chi connectivity index (χ4n) is 2.83. The maximum atomic E-state index is 13.2. The molecule has 0 unspecified atom stereocenters. The first kappa shape index (κ1) is 18.8. The Balaban J connectivity index is 1.43. The van der Waals surface area contributed by atoms with Crippen LogP contribution in [0.25, 0.3) is 10.9 Å². The van der Waals surface area contributed by atoms with Crippen LogP contribution in [0.3, 0.4) is 0 Å². The average molecular weight is 408 g/mol. The molecule has 0 saturated heterocycles. The molecule has 2 heterocycles. The highest BCUT2D eigenvalue weighted by Crippen LogP contribution is 2.23. The maximum absolute atomic E-state index is 13.2. The Morgan fingerprint density at radius 2 is 1.97 bits per heavy atom. The molecule has 5 nitrogen and oxygen atoms in total. The van der Waals surface area contributed by atoms with Gasteiger partial charge in [0.1, 0.15) is 11.6 Å².